The third-order valence-corrected chi connectivity index (χ3v) is 3.65. The van der Waals surface area contributed by atoms with Gasteiger partial charge in [0.05, 0.1) is 0 Å². The van der Waals surface area contributed by atoms with Crippen LogP contribution in [-0.4, -0.2) is 42.5 Å². The molecule has 1 saturated heterocycles. The molecule has 0 radical (unpaired) electrons. The van der Waals surface area contributed by atoms with Crippen molar-refractivity contribution in [1.82, 2.24) is 10.2 Å². The zero-order valence-electron chi connectivity index (χ0n) is 13.0. The highest BCUT2D eigenvalue weighted by atomic mass is 19.2. The Morgan fingerprint density at radius 2 is 2.17 bits per heavy atom. The molecule has 0 saturated carbocycles. The van der Waals surface area contributed by atoms with Crippen molar-refractivity contribution in [3.05, 3.63) is 29.8 Å². The molecule has 0 aliphatic carbocycles. The van der Waals surface area contributed by atoms with Gasteiger partial charge in [-0.1, -0.05) is 0 Å². The highest BCUT2D eigenvalue weighted by Crippen LogP contribution is 2.16. The van der Waals surface area contributed by atoms with Crippen LogP contribution in [0, 0.1) is 11.6 Å². The Morgan fingerprint density at radius 3 is 2.83 bits per heavy atom. The van der Waals surface area contributed by atoms with E-state index in [2.05, 4.69) is 5.32 Å². The second-order valence-electron chi connectivity index (χ2n) is 5.46. The molecule has 7 heteroatoms. The van der Waals surface area contributed by atoms with Crippen LogP contribution in [0.3, 0.4) is 0 Å². The molecule has 1 aromatic carbocycles. The molecule has 1 aliphatic rings. The first-order valence-electron chi connectivity index (χ1n) is 7.64. The molecule has 0 bridgehead atoms. The minimum Gasteiger partial charge on any atom is -0.481 e. The molecule has 1 N–H and O–H groups in total. The third kappa shape index (κ3) is 4.91. The van der Waals surface area contributed by atoms with Crippen molar-refractivity contribution in [1.29, 1.82) is 0 Å². The average Bonchev–Trinajstić information content (AvgIpc) is 2.92. The summed E-state index contributed by atoms with van der Waals surface area (Å²) in [5.41, 5.74) is 0. The number of hydrogen-bond acceptors (Lipinski definition) is 3. The molecule has 1 aromatic rings. The Morgan fingerprint density at radius 1 is 1.39 bits per heavy atom. The molecule has 1 fully saturated rings. The summed E-state index contributed by atoms with van der Waals surface area (Å²) in [5.74, 6) is -2.08. The van der Waals surface area contributed by atoms with Crippen molar-refractivity contribution in [2.75, 3.05) is 19.6 Å². The predicted molar refractivity (Wildman–Crippen MR) is 79.9 cm³/mol. The molecule has 2 rings (SSSR count). The van der Waals surface area contributed by atoms with E-state index in [0.29, 0.717) is 25.9 Å². The van der Waals surface area contributed by atoms with Gasteiger partial charge in [0.2, 0.25) is 5.91 Å². The Kier molecular flexibility index (Phi) is 5.90. The van der Waals surface area contributed by atoms with Gasteiger partial charge >= 0.3 is 0 Å². The highest BCUT2D eigenvalue weighted by Gasteiger charge is 2.19. The summed E-state index contributed by atoms with van der Waals surface area (Å²) >= 11 is 0. The molecule has 126 valence electrons. The van der Waals surface area contributed by atoms with Crippen molar-refractivity contribution >= 4 is 11.8 Å². The first-order valence-corrected chi connectivity index (χ1v) is 7.64. The molecule has 23 heavy (non-hydrogen) atoms. The molecule has 5 nitrogen and oxygen atoms in total. The van der Waals surface area contributed by atoms with Gasteiger partial charge in [-0.15, -0.1) is 0 Å². The van der Waals surface area contributed by atoms with Crippen LogP contribution >= 0.6 is 0 Å². The molecule has 1 heterocycles. The van der Waals surface area contributed by atoms with Crippen molar-refractivity contribution in [3.8, 4) is 5.75 Å². The second-order valence-corrected chi connectivity index (χ2v) is 5.46. The molecule has 1 unspecified atom stereocenters. The standard InChI is InChI=1S/C16H20F2N2O3/c1-11(23-12-5-6-13(17)14(18)10-12)16(22)19-7-3-9-20-8-2-4-15(20)21/h5-6,10-11H,2-4,7-9H2,1H3,(H,19,22). The Hall–Kier alpha value is -2.18. The SMILES string of the molecule is CC(Oc1ccc(F)c(F)c1)C(=O)NCCCN1CCCC1=O. The van der Waals surface area contributed by atoms with E-state index in [9.17, 15) is 18.4 Å². The lowest BCUT2D eigenvalue weighted by molar-refractivity contribution is -0.127. The van der Waals surface area contributed by atoms with Crippen LogP contribution in [0.15, 0.2) is 18.2 Å². The van der Waals surface area contributed by atoms with Gasteiger partial charge in [-0.25, -0.2) is 8.78 Å². The lowest BCUT2D eigenvalue weighted by atomic mass is 10.3. The Labute approximate surface area is 133 Å². The van der Waals surface area contributed by atoms with Gasteiger partial charge in [0.15, 0.2) is 17.7 Å². The summed E-state index contributed by atoms with van der Waals surface area (Å²) in [7, 11) is 0. The summed E-state index contributed by atoms with van der Waals surface area (Å²) in [6.45, 7) is 3.36. The molecule has 0 spiro atoms. The largest absolute Gasteiger partial charge is 0.481 e. The average molecular weight is 326 g/mol. The maximum atomic E-state index is 13.1. The monoisotopic (exact) mass is 326 g/mol. The predicted octanol–water partition coefficient (Wildman–Crippen LogP) is 1.86. The van der Waals surface area contributed by atoms with Crippen LogP contribution in [0.1, 0.15) is 26.2 Å². The fourth-order valence-corrected chi connectivity index (χ4v) is 2.37. The van der Waals surface area contributed by atoms with Crippen LogP contribution in [0.2, 0.25) is 0 Å². The lowest BCUT2D eigenvalue weighted by Gasteiger charge is -2.17. The maximum Gasteiger partial charge on any atom is 0.260 e. The fourth-order valence-electron chi connectivity index (χ4n) is 2.37. The number of benzene rings is 1. The normalized spacial score (nSPS) is 15.6. The van der Waals surface area contributed by atoms with Crippen molar-refractivity contribution in [3.63, 3.8) is 0 Å². The maximum absolute atomic E-state index is 13.1. The van der Waals surface area contributed by atoms with Crippen molar-refractivity contribution in [2.24, 2.45) is 0 Å². The van der Waals surface area contributed by atoms with E-state index in [0.717, 1.165) is 25.1 Å². The number of carbonyl (C=O) groups excluding carboxylic acids is 2. The number of rotatable bonds is 7. The van der Waals surface area contributed by atoms with Crippen LogP contribution < -0.4 is 10.1 Å². The fraction of sp³-hybridized carbons (Fsp3) is 0.500. The quantitative estimate of drug-likeness (QED) is 0.778. The van der Waals surface area contributed by atoms with Gasteiger partial charge in [0.1, 0.15) is 5.75 Å². The minimum absolute atomic E-state index is 0.0919. The smallest absolute Gasteiger partial charge is 0.260 e. The number of carbonyl (C=O) groups is 2. The van der Waals surface area contributed by atoms with Gasteiger partial charge in [0, 0.05) is 32.1 Å². The zero-order chi connectivity index (χ0) is 16.8. The van der Waals surface area contributed by atoms with Gasteiger partial charge in [-0.2, -0.15) is 0 Å². The van der Waals surface area contributed by atoms with E-state index in [-0.39, 0.29) is 17.6 Å². The van der Waals surface area contributed by atoms with E-state index in [1.807, 2.05) is 0 Å². The van der Waals surface area contributed by atoms with Gasteiger partial charge in [0.25, 0.3) is 5.91 Å². The van der Waals surface area contributed by atoms with E-state index in [4.69, 9.17) is 4.74 Å². The molecule has 2 amide bonds. The first kappa shape index (κ1) is 17.2. The van der Waals surface area contributed by atoms with E-state index < -0.39 is 17.7 Å². The van der Waals surface area contributed by atoms with Crippen LogP contribution in [-0.2, 0) is 9.59 Å². The van der Waals surface area contributed by atoms with Gasteiger partial charge < -0.3 is 15.0 Å². The number of halogens is 2. The Balaban J connectivity index is 1.70. The molecule has 1 atom stereocenters. The summed E-state index contributed by atoms with van der Waals surface area (Å²) in [5, 5.41) is 2.70. The number of nitrogens with zero attached hydrogens (tertiary/aromatic N) is 1. The number of ether oxygens (including phenoxy) is 1. The summed E-state index contributed by atoms with van der Waals surface area (Å²) in [6.07, 6.45) is 1.33. The number of hydrogen-bond donors (Lipinski definition) is 1. The summed E-state index contributed by atoms with van der Waals surface area (Å²) in [6, 6.07) is 3.11. The number of amides is 2. The number of nitrogens with one attached hydrogen (secondary N) is 1. The summed E-state index contributed by atoms with van der Waals surface area (Å²) in [4.78, 5) is 25.1. The number of likely N-dealkylation sites (tertiary alicyclic amines) is 1. The van der Waals surface area contributed by atoms with E-state index in [1.165, 1.54) is 13.0 Å². The summed E-state index contributed by atoms with van der Waals surface area (Å²) < 4.78 is 31.2. The van der Waals surface area contributed by atoms with Crippen LogP contribution in [0.5, 0.6) is 5.75 Å². The molecular weight excluding hydrogens is 306 g/mol. The molecule has 1 aliphatic heterocycles. The van der Waals surface area contributed by atoms with Crippen molar-refractivity contribution in [2.45, 2.75) is 32.3 Å². The lowest BCUT2D eigenvalue weighted by Crippen LogP contribution is -2.38. The van der Waals surface area contributed by atoms with Gasteiger partial charge in [-0.3, -0.25) is 9.59 Å². The molecular formula is C16H20F2N2O3. The van der Waals surface area contributed by atoms with Crippen LogP contribution in [0.25, 0.3) is 0 Å². The topological polar surface area (TPSA) is 58.6 Å². The molecule has 0 aromatic heterocycles. The van der Waals surface area contributed by atoms with E-state index >= 15 is 0 Å². The van der Waals surface area contributed by atoms with Crippen LogP contribution in [0.4, 0.5) is 8.78 Å². The van der Waals surface area contributed by atoms with Crippen molar-refractivity contribution < 1.29 is 23.1 Å². The zero-order valence-corrected chi connectivity index (χ0v) is 13.0. The third-order valence-electron chi connectivity index (χ3n) is 3.65. The second kappa shape index (κ2) is 7.89. The Bertz CT molecular complexity index is 580. The highest BCUT2D eigenvalue weighted by molar-refractivity contribution is 5.80. The minimum atomic E-state index is -1.02. The van der Waals surface area contributed by atoms with Gasteiger partial charge in [-0.05, 0) is 31.9 Å². The first-order chi connectivity index (χ1) is 11.0. The van der Waals surface area contributed by atoms with E-state index in [1.54, 1.807) is 4.90 Å².